The molecule has 1 unspecified atom stereocenters. The third kappa shape index (κ3) is 2.80. The molecule has 1 saturated heterocycles. The molecule has 1 aliphatic carbocycles. The summed E-state index contributed by atoms with van der Waals surface area (Å²) in [6, 6.07) is 1.42. The van der Waals surface area contributed by atoms with E-state index < -0.39 is 0 Å². The Morgan fingerprint density at radius 1 is 1.35 bits per heavy atom. The molecule has 4 nitrogen and oxygen atoms in total. The van der Waals surface area contributed by atoms with Crippen LogP contribution in [0.3, 0.4) is 0 Å². The summed E-state index contributed by atoms with van der Waals surface area (Å²) in [6.07, 6.45) is 5.88. The SMILES string of the molecule is CCC1C(=O)NCCN1C1CCC(NC)CC1. The zero-order valence-corrected chi connectivity index (χ0v) is 11.0. The maximum atomic E-state index is 11.8. The molecule has 1 atom stereocenters. The fourth-order valence-electron chi connectivity index (χ4n) is 3.29. The van der Waals surface area contributed by atoms with Crippen molar-refractivity contribution in [2.75, 3.05) is 20.1 Å². The van der Waals surface area contributed by atoms with Gasteiger partial charge in [-0.05, 0) is 39.2 Å². The van der Waals surface area contributed by atoms with Crippen LogP contribution in [0, 0.1) is 0 Å². The molecule has 2 aliphatic rings. The molecule has 1 saturated carbocycles. The zero-order valence-electron chi connectivity index (χ0n) is 11.0. The Hall–Kier alpha value is -0.610. The van der Waals surface area contributed by atoms with Gasteiger partial charge in [0.25, 0.3) is 0 Å². The van der Waals surface area contributed by atoms with Gasteiger partial charge in [0.2, 0.25) is 5.91 Å². The molecule has 1 amide bonds. The lowest BCUT2D eigenvalue weighted by atomic mass is 9.88. The van der Waals surface area contributed by atoms with E-state index in [9.17, 15) is 4.79 Å². The number of rotatable bonds is 3. The predicted octanol–water partition coefficient (Wildman–Crippen LogP) is 0.727. The van der Waals surface area contributed by atoms with Gasteiger partial charge < -0.3 is 10.6 Å². The Morgan fingerprint density at radius 2 is 2.06 bits per heavy atom. The maximum Gasteiger partial charge on any atom is 0.237 e. The second kappa shape index (κ2) is 5.83. The van der Waals surface area contributed by atoms with Gasteiger partial charge in [0.15, 0.2) is 0 Å². The van der Waals surface area contributed by atoms with Crippen molar-refractivity contribution in [1.29, 1.82) is 0 Å². The first kappa shape index (κ1) is 12.8. The first-order valence-corrected chi connectivity index (χ1v) is 6.97. The van der Waals surface area contributed by atoms with E-state index in [0.717, 1.165) is 19.5 Å². The van der Waals surface area contributed by atoms with Crippen molar-refractivity contribution in [3.05, 3.63) is 0 Å². The summed E-state index contributed by atoms with van der Waals surface area (Å²) in [7, 11) is 2.05. The van der Waals surface area contributed by atoms with Crippen LogP contribution in [0.4, 0.5) is 0 Å². The first-order valence-electron chi connectivity index (χ1n) is 6.97. The van der Waals surface area contributed by atoms with Crippen LogP contribution in [0.1, 0.15) is 39.0 Å². The lowest BCUT2D eigenvalue weighted by Gasteiger charge is -2.43. The third-order valence-corrected chi connectivity index (χ3v) is 4.33. The van der Waals surface area contributed by atoms with Crippen LogP contribution in [-0.4, -0.2) is 49.1 Å². The van der Waals surface area contributed by atoms with Crippen LogP contribution in [0.25, 0.3) is 0 Å². The summed E-state index contributed by atoms with van der Waals surface area (Å²) in [4.78, 5) is 14.3. The molecule has 2 rings (SSSR count). The Labute approximate surface area is 104 Å². The van der Waals surface area contributed by atoms with Crippen molar-refractivity contribution < 1.29 is 4.79 Å². The second-order valence-electron chi connectivity index (χ2n) is 5.25. The minimum absolute atomic E-state index is 0.111. The van der Waals surface area contributed by atoms with Crippen LogP contribution in [0.5, 0.6) is 0 Å². The van der Waals surface area contributed by atoms with E-state index in [2.05, 4.69) is 22.5 Å². The predicted molar refractivity (Wildman–Crippen MR) is 68.9 cm³/mol. The molecule has 17 heavy (non-hydrogen) atoms. The number of amides is 1. The van der Waals surface area contributed by atoms with Gasteiger partial charge >= 0.3 is 0 Å². The molecule has 4 heteroatoms. The standard InChI is InChI=1S/C13H25N3O/c1-3-12-13(17)15-8-9-16(12)11-6-4-10(14-2)5-7-11/h10-12,14H,3-9H2,1-2H3,(H,15,17). The van der Waals surface area contributed by atoms with E-state index in [0.29, 0.717) is 12.1 Å². The van der Waals surface area contributed by atoms with E-state index in [-0.39, 0.29) is 11.9 Å². The van der Waals surface area contributed by atoms with Crippen molar-refractivity contribution in [2.24, 2.45) is 0 Å². The zero-order chi connectivity index (χ0) is 12.3. The Morgan fingerprint density at radius 3 is 2.65 bits per heavy atom. The number of hydrogen-bond acceptors (Lipinski definition) is 3. The fourth-order valence-corrected chi connectivity index (χ4v) is 3.29. The monoisotopic (exact) mass is 239 g/mol. The molecule has 0 radical (unpaired) electrons. The van der Waals surface area contributed by atoms with E-state index in [4.69, 9.17) is 0 Å². The molecule has 0 aromatic carbocycles. The lowest BCUT2D eigenvalue weighted by Crippen LogP contribution is -2.59. The van der Waals surface area contributed by atoms with Gasteiger partial charge in [0.05, 0.1) is 6.04 Å². The highest BCUT2D eigenvalue weighted by Gasteiger charge is 2.34. The minimum atomic E-state index is 0.111. The highest BCUT2D eigenvalue weighted by Crippen LogP contribution is 2.26. The average molecular weight is 239 g/mol. The number of nitrogens with zero attached hydrogens (tertiary/aromatic N) is 1. The van der Waals surface area contributed by atoms with Crippen LogP contribution in [0.15, 0.2) is 0 Å². The molecule has 0 aromatic rings. The summed E-state index contributed by atoms with van der Waals surface area (Å²) in [5.41, 5.74) is 0. The summed E-state index contributed by atoms with van der Waals surface area (Å²) in [5.74, 6) is 0.231. The molecule has 2 fully saturated rings. The summed E-state index contributed by atoms with van der Waals surface area (Å²) in [6.45, 7) is 3.96. The molecule has 0 aromatic heterocycles. The highest BCUT2D eigenvalue weighted by molar-refractivity contribution is 5.82. The number of carbonyl (C=O) groups is 1. The fraction of sp³-hybridized carbons (Fsp3) is 0.923. The third-order valence-electron chi connectivity index (χ3n) is 4.33. The number of carbonyl (C=O) groups excluding carboxylic acids is 1. The van der Waals surface area contributed by atoms with Gasteiger partial charge in [0, 0.05) is 25.2 Å². The molecule has 2 N–H and O–H groups in total. The van der Waals surface area contributed by atoms with E-state index >= 15 is 0 Å². The van der Waals surface area contributed by atoms with Crippen molar-refractivity contribution in [2.45, 2.75) is 57.2 Å². The lowest BCUT2D eigenvalue weighted by molar-refractivity contribution is -0.130. The summed E-state index contributed by atoms with van der Waals surface area (Å²) in [5, 5.41) is 6.34. The average Bonchev–Trinajstić information content (AvgIpc) is 2.38. The molecule has 1 aliphatic heterocycles. The van der Waals surface area contributed by atoms with Gasteiger partial charge in [-0.25, -0.2) is 0 Å². The first-order chi connectivity index (χ1) is 8.26. The number of piperazine rings is 1. The van der Waals surface area contributed by atoms with E-state index in [1.165, 1.54) is 25.7 Å². The number of nitrogens with one attached hydrogen (secondary N) is 2. The van der Waals surface area contributed by atoms with Crippen LogP contribution < -0.4 is 10.6 Å². The van der Waals surface area contributed by atoms with Crippen molar-refractivity contribution in [1.82, 2.24) is 15.5 Å². The summed E-state index contributed by atoms with van der Waals surface area (Å²) < 4.78 is 0. The molecular formula is C13H25N3O. The van der Waals surface area contributed by atoms with Gasteiger partial charge in [-0.2, -0.15) is 0 Å². The summed E-state index contributed by atoms with van der Waals surface area (Å²) >= 11 is 0. The van der Waals surface area contributed by atoms with Crippen molar-refractivity contribution in [3.8, 4) is 0 Å². The Balaban J connectivity index is 1.94. The molecular weight excluding hydrogens is 214 g/mol. The molecule has 0 bridgehead atoms. The van der Waals surface area contributed by atoms with Crippen molar-refractivity contribution in [3.63, 3.8) is 0 Å². The molecule has 98 valence electrons. The van der Waals surface area contributed by atoms with Crippen LogP contribution in [0.2, 0.25) is 0 Å². The Kier molecular flexibility index (Phi) is 4.40. The van der Waals surface area contributed by atoms with Crippen molar-refractivity contribution >= 4 is 5.91 Å². The largest absolute Gasteiger partial charge is 0.353 e. The normalized spacial score (nSPS) is 35.6. The van der Waals surface area contributed by atoms with Gasteiger partial charge in [-0.15, -0.1) is 0 Å². The van der Waals surface area contributed by atoms with E-state index in [1.54, 1.807) is 0 Å². The number of hydrogen-bond donors (Lipinski definition) is 2. The van der Waals surface area contributed by atoms with Crippen LogP contribution >= 0.6 is 0 Å². The van der Waals surface area contributed by atoms with E-state index in [1.807, 2.05) is 7.05 Å². The molecule has 0 spiro atoms. The smallest absolute Gasteiger partial charge is 0.237 e. The maximum absolute atomic E-state index is 11.8. The quantitative estimate of drug-likeness (QED) is 0.763. The van der Waals surface area contributed by atoms with Crippen LogP contribution in [-0.2, 0) is 4.79 Å². The second-order valence-corrected chi connectivity index (χ2v) is 5.25. The van der Waals surface area contributed by atoms with Gasteiger partial charge in [0.1, 0.15) is 0 Å². The Bertz CT molecular complexity index is 261. The van der Waals surface area contributed by atoms with Gasteiger partial charge in [-0.1, -0.05) is 6.92 Å². The van der Waals surface area contributed by atoms with Gasteiger partial charge in [-0.3, -0.25) is 9.69 Å². The highest BCUT2D eigenvalue weighted by atomic mass is 16.2. The molecule has 1 heterocycles. The topological polar surface area (TPSA) is 44.4 Å². The minimum Gasteiger partial charge on any atom is -0.353 e.